The topological polar surface area (TPSA) is 61.8 Å². The number of hydrogen-bond donors (Lipinski definition) is 0. The molecule has 0 aliphatic heterocycles. The van der Waals surface area contributed by atoms with Gasteiger partial charge in [0.25, 0.3) is 0 Å². The van der Waals surface area contributed by atoms with E-state index in [0.29, 0.717) is 18.8 Å². The summed E-state index contributed by atoms with van der Waals surface area (Å²) in [5.74, 6) is 0.0211. The first-order chi connectivity index (χ1) is 11.5. The Balaban J connectivity index is 2.46. The SMILES string of the molecule is C=CC(=O)OCCCCOc1ccc(/C=C(\C)C(=O)OC)c(C)c1. The van der Waals surface area contributed by atoms with Crippen LogP contribution in [0.2, 0.25) is 0 Å². The van der Waals surface area contributed by atoms with Crippen molar-refractivity contribution in [2.45, 2.75) is 26.7 Å². The summed E-state index contributed by atoms with van der Waals surface area (Å²) in [5.41, 5.74) is 2.50. The summed E-state index contributed by atoms with van der Waals surface area (Å²) >= 11 is 0. The molecule has 5 nitrogen and oxygen atoms in total. The largest absolute Gasteiger partial charge is 0.494 e. The van der Waals surface area contributed by atoms with E-state index in [1.54, 1.807) is 13.0 Å². The van der Waals surface area contributed by atoms with Crippen LogP contribution >= 0.6 is 0 Å². The molecule has 0 unspecified atom stereocenters. The zero-order valence-electron chi connectivity index (χ0n) is 14.5. The normalized spacial score (nSPS) is 10.9. The van der Waals surface area contributed by atoms with Crippen molar-refractivity contribution in [3.63, 3.8) is 0 Å². The van der Waals surface area contributed by atoms with E-state index in [2.05, 4.69) is 11.3 Å². The Morgan fingerprint density at radius 3 is 2.54 bits per heavy atom. The molecule has 1 aromatic rings. The summed E-state index contributed by atoms with van der Waals surface area (Å²) in [6.45, 7) is 7.92. The van der Waals surface area contributed by atoms with Gasteiger partial charge in [0.15, 0.2) is 0 Å². The van der Waals surface area contributed by atoms with Crippen LogP contribution in [0.25, 0.3) is 6.08 Å². The van der Waals surface area contributed by atoms with Gasteiger partial charge in [-0.2, -0.15) is 0 Å². The van der Waals surface area contributed by atoms with E-state index in [0.717, 1.165) is 35.8 Å². The van der Waals surface area contributed by atoms with Gasteiger partial charge in [-0.15, -0.1) is 0 Å². The number of hydrogen-bond acceptors (Lipinski definition) is 5. The Bertz CT molecular complexity index is 616. The Kier molecular flexibility index (Phi) is 8.33. The Hall–Kier alpha value is -2.56. The monoisotopic (exact) mass is 332 g/mol. The molecule has 0 radical (unpaired) electrons. The second kappa shape index (κ2) is 10.3. The fraction of sp³-hybridized carbons (Fsp3) is 0.368. The lowest BCUT2D eigenvalue weighted by molar-refractivity contribution is -0.138. The van der Waals surface area contributed by atoms with Crippen LogP contribution in [0.3, 0.4) is 0 Å². The number of unbranched alkanes of at least 4 members (excludes halogenated alkanes) is 1. The molecule has 0 aliphatic carbocycles. The number of aryl methyl sites for hydroxylation is 1. The van der Waals surface area contributed by atoms with E-state index in [1.807, 2.05) is 25.1 Å². The number of esters is 2. The van der Waals surface area contributed by atoms with Crippen molar-refractivity contribution >= 4 is 18.0 Å². The molecule has 0 amide bonds. The predicted octanol–water partition coefficient (Wildman–Crippen LogP) is 3.46. The molecule has 0 spiro atoms. The molecule has 0 atom stereocenters. The zero-order chi connectivity index (χ0) is 17.9. The maximum Gasteiger partial charge on any atom is 0.333 e. The smallest absolute Gasteiger partial charge is 0.333 e. The maximum atomic E-state index is 11.4. The highest BCUT2D eigenvalue weighted by atomic mass is 16.5. The molecule has 0 saturated heterocycles. The molecule has 1 rings (SSSR count). The molecular formula is C19H24O5. The minimum absolute atomic E-state index is 0.341. The van der Waals surface area contributed by atoms with Crippen molar-refractivity contribution < 1.29 is 23.8 Å². The van der Waals surface area contributed by atoms with Crippen LogP contribution in [0.5, 0.6) is 5.75 Å². The van der Waals surface area contributed by atoms with Crippen LogP contribution in [0.4, 0.5) is 0 Å². The highest BCUT2D eigenvalue weighted by Crippen LogP contribution is 2.20. The van der Waals surface area contributed by atoms with Gasteiger partial charge in [-0.3, -0.25) is 0 Å². The summed E-state index contributed by atoms with van der Waals surface area (Å²) in [7, 11) is 1.36. The van der Waals surface area contributed by atoms with Crippen molar-refractivity contribution in [2.75, 3.05) is 20.3 Å². The van der Waals surface area contributed by atoms with Gasteiger partial charge in [-0.25, -0.2) is 9.59 Å². The number of benzene rings is 1. The Labute approximate surface area is 142 Å². The molecule has 0 bridgehead atoms. The minimum Gasteiger partial charge on any atom is -0.494 e. The molecule has 0 saturated carbocycles. The van der Waals surface area contributed by atoms with Crippen molar-refractivity contribution in [3.8, 4) is 5.75 Å². The van der Waals surface area contributed by atoms with E-state index in [4.69, 9.17) is 9.47 Å². The van der Waals surface area contributed by atoms with Crippen molar-refractivity contribution in [1.82, 2.24) is 0 Å². The van der Waals surface area contributed by atoms with E-state index in [-0.39, 0.29) is 5.97 Å². The highest BCUT2D eigenvalue weighted by molar-refractivity contribution is 5.93. The molecule has 5 heteroatoms. The Morgan fingerprint density at radius 2 is 1.92 bits per heavy atom. The van der Waals surface area contributed by atoms with Gasteiger partial charge >= 0.3 is 11.9 Å². The maximum absolute atomic E-state index is 11.4. The molecule has 0 fully saturated rings. The van der Waals surface area contributed by atoms with Crippen molar-refractivity contribution in [3.05, 3.63) is 47.6 Å². The van der Waals surface area contributed by atoms with Crippen LogP contribution in [-0.4, -0.2) is 32.3 Å². The van der Waals surface area contributed by atoms with E-state index >= 15 is 0 Å². The minimum atomic E-state index is -0.405. The standard InChI is InChI=1S/C19H24O5/c1-5-18(20)24-11-7-6-10-23-17-9-8-16(14(2)13-17)12-15(3)19(21)22-4/h5,8-9,12-13H,1,6-7,10-11H2,2-4H3/b15-12+. The quantitative estimate of drug-likeness (QED) is 0.394. The summed E-state index contributed by atoms with van der Waals surface area (Å²) < 4.78 is 15.2. The highest BCUT2D eigenvalue weighted by Gasteiger charge is 2.05. The van der Waals surface area contributed by atoms with Crippen LogP contribution in [0, 0.1) is 6.92 Å². The first-order valence-electron chi connectivity index (χ1n) is 7.77. The molecule has 24 heavy (non-hydrogen) atoms. The van der Waals surface area contributed by atoms with Gasteiger partial charge in [0.05, 0.1) is 20.3 Å². The molecule has 1 aromatic carbocycles. The average Bonchev–Trinajstić information content (AvgIpc) is 2.58. The van der Waals surface area contributed by atoms with Crippen LogP contribution in [-0.2, 0) is 19.1 Å². The lowest BCUT2D eigenvalue weighted by atomic mass is 10.1. The van der Waals surface area contributed by atoms with Gasteiger partial charge in [-0.1, -0.05) is 12.6 Å². The number of ether oxygens (including phenoxy) is 3. The second-order valence-corrected chi connectivity index (χ2v) is 5.26. The van der Waals surface area contributed by atoms with Gasteiger partial charge in [-0.05, 0) is 56.0 Å². The lowest BCUT2D eigenvalue weighted by Gasteiger charge is -2.09. The van der Waals surface area contributed by atoms with Gasteiger partial charge in [0, 0.05) is 11.6 Å². The predicted molar refractivity (Wildman–Crippen MR) is 92.7 cm³/mol. The van der Waals surface area contributed by atoms with E-state index in [9.17, 15) is 9.59 Å². The number of rotatable bonds is 9. The first kappa shape index (κ1) is 19.5. The Morgan fingerprint density at radius 1 is 1.21 bits per heavy atom. The molecular weight excluding hydrogens is 308 g/mol. The number of carbonyl (C=O) groups is 2. The third-order valence-electron chi connectivity index (χ3n) is 3.34. The molecule has 0 N–H and O–H groups in total. The molecule has 0 heterocycles. The van der Waals surface area contributed by atoms with Gasteiger partial charge in [0.1, 0.15) is 5.75 Å². The average molecular weight is 332 g/mol. The summed E-state index contributed by atoms with van der Waals surface area (Å²) in [6, 6.07) is 5.69. The van der Waals surface area contributed by atoms with Crippen LogP contribution < -0.4 is 4.74 Å². The summed E-state index contributed by atoms with van der Waals surface area (Å²) in [5, 5.41) is 0. The van der Waals surface area contributed by atoms with Crippen molar-refractivity contribution in [2.24, 2.45) is 0 Å². The number of carbonyl (C=O) groups excluding carboxylic acids is 2. The van der Waals surface area contributed by atoms with Gasteiger partial charge < -0.3 is 14.2 Å². The molecule has 130 valence electrons. The van der Waals surface area contributed by atoms with E-state index in [1.165, 1.54) is 7.11 Å². The van der Waals surface area contributed by atoms with Crippen LogP contribution in [0.15, 0.2) is 36.4 Å². The van der Waals surface area contributed by atoms with Gasteiger partial charge in [0.2, 0.25) is 0 Å². The summed E-state index contributed by atoms with van der Waals surface area (Å²) in [4.78, 5) is 22.3. The van der Waals surface area contributed by atoms with Crippen LogP contribution in [0.1, 0.15) is 30.9 Å². The molecule has 0 aliphatic rings. The third kappa shape index (κ3) is 6.69. The summed E-state index contributed by atoms with van der Waals surface area (Å²) in [6.07, 6.45) is 4.46. The number of methoxy groups -OCH3 is 1. The zero-order valence-corrected chi connectivity index (χ0v) is 14.5. The fourth-order valence-corrected chi connectivity index (χ4v) is 1.98. The second-order valence-electron chi connectivity index (χ2n) is 5.26. The first-order valence-corrected chi connectivity index (χ1v) is 7.77. The molecule has 0 aromatic heterocycles. The lowest BCUT2D eigenvalue weighted by Crippen LogP contribution is -2.04. The van der Waals surface area contributed by atoms with E-state index < -0.39 is 5.97 Å². The fourth-order valence-electron chi connectivity index (χ4n) is 1.98. The third-order valence-corrected chi connectivity index (χ3v) is 3.34. The van der Waals surface area contributed by atoms with Crippen molar-refractivity contribution in [1.29, 1.82) is 0 Å².